The maximum atomic E-state index is 9.48. The van der Waals surface area contributed by atoms with Crippen molar-refractivity contribution in [2.75, 3.05) is 19.0 Å². The third-order valence-corrected chi connectivity index (χ3v) is 2.51. The van der Waals surface area contributed by atoms with Crippen LogP contribution in [0.2, 0.25) is 0 Å². The normalized spacial score (nSPS) is 20.0. The van der Waals surface area contributed by atoms with Crippen LogP contribution >= 0.6 is 0 Å². The van der Waals surface area contributed by atoms with E-state index in [1.807, 2.05) is 18.2 Å². The average Bonchev–Trinajstić information content (AvgIpc) is 2.18. The highest BCUT2D eigenvalue weighted by molar-refractivity contribution is 5.59. The lowest BCUT2D eigenvalue weighted by Crippen LogP contribution is -2.28. The molecular weight excluding hydrogens is 178 g/mol. The number of hydrogen-bond acceptors (Lipinski definition) is 3. The van der Waals surface area contributed by atoms with Crippen LogP contribution in [0.1, 0.15) is 11.1 Å². The number of methoxy groups -OCH3 is 1. The van der Waals surface area contributed by atoms with Gasteiger partial charge >= 0.3 is 0 Å². The Kier molecular flexibility index (Phi) is 2.70. The van der Waals surface area contributed by atoms with Crippen LogP contribution in [0.4, 0.5) is 5.69 Å². The molecule has 0 aromatic heterocycles. The summed E-state index contributed by atoms with van der Waals surface area (Å²) in [6, 6.07) is 6.10. The molecule has 1 aliphatic heterocycles. The van der Waals surface area contributed by atoms with Crippen molar-refractivity contribution < 1.29 is 9.84 Å². The van der Waals surface area contributed by atoms with Gasteiger partial charge < -0.3 is 15.2 Å². The highest BCUT2D eigenvalue weighted by Gasteiger charge is 2.17. The Morgan fingerprint density at radius 1 is 1.57 bits per heavy atom. The van der Waals surface area contributed by atoms with Gasteiger partial charge in [-0.2, -0.15) is 0 Å². The molecule has 3 heteroatoms. The van der Waals surface area contributed by atoms with Crippen molar-refractivity contribution in [3.05, 3.63) is 29.3 Å². The summed E-state index contributed by atoms with van der Waals surface area (Å²) in [6.07, 6.45) is 0.472. The molecule has 0 radical (unpaired) electrons. The Balaban J connectivity index is 2.31. The number of rotatable bonds is 2. The van der Waals surface area contributed by atoms with E-state index in [9.17, 15) is 5.11 Å². The van der Waals surface area contributed by atoms with Gasteiger partial charge in [-0.25, -0.2) is 0 Å². The molecule has 0 spiro atoms. The molecule has 0 aliphatic carbocycles. The lowest BCUT2D eigenvalue weighted by Gasteiger charge is -2.24. The lowest BCUT2D eigenvalue weighted by molar-refractivity contribution is 0.179. The van der Waals surface area contributed by atoms with Crippen LogP contribution in [-0.4, -0.2) is 24.9 Å². The van der Waals surface area contributed by atoms with Crippen molar-refractivity contribution in [3.63, 3.8) is 0 Å². The molecule has 1 atom stereocenters. The van der Waals surface area contributed by atoms with Crippen LogP contribution in [-0.2, 0) is 17.8 Å². The Morgan fingerprint density at radius 2 is 2.43 bits per heavy atom. The van der Waals surface area contributed by atoms with E-state index in [4.69, 9.17) is 4.74 Å². The monoisotopic (exact) mass is 193 g/mol. The molecule has 14 heavy (non-hydrogen) atoms. The molecule has 1 heterocycles. The lowest BCUT2D eigenvalue weighted by atomic mass is 9.98. The highest BCUT2D eigenvalue weighted by atomic mass is 16.5. The third-order valence-electron chi connectivity index (χ3n) is 2.51. The number of ether oxygens (including phenoxy) is 1. The van der Waals surface area contributed by atoms with Gasteiger partial charge in [0, 0.05) is 31.3 Å². The van der Waals surface area contributed by atoms with E-state index in [1.54, 1.807) is 7.11 Å². The number of aliphatic hydroxyl groups excluding tert-OH is 1. The van der Waals surface area contributed by atoms with Crippen molar-refractivity contribution >= 4 is 5.69 Å². The van der Waals surface area contributed by atoms with Crippen LogP contribution in [0.3, 0.4) is 0 Å². The summed E-state index contributed by atoms with van der Waals surface area (Å²) in [6.45, 7) is 1.25. The first-order valence-electron chi connectivity index (χ1n) is 4.83. The topological polar surface area (TPSA) is 41.5 Å². The van der Waals surface area contributed by atoms with E-state index >= 15 is 0 Å². The average molecular weight is 193 g/mol. The van der Waals surface area contributed by atoms with Gasteiger partial charge in [0.1, 0.15) is 0 Å². The Morgan fingerprint density at radius 3 is 3.21 bits per heavy atom. The molecular formula is C11H15NO2. The van der Waals surface area contributed by atoms with Gasteiger partial charge in [0.2, 0.25) is 0 Å². The van der Waals surface area contributed by atoms with E-state index in [0.717, 1.165) is 17.7 Å². The Hall–Kier alpha value is -1.06. The fraction of sp³-hybridized carbons (Fsp3) is 0.455. The van der Waals surface area contributed by atoms with Crippen molar-refractivity contribution in [1.82, 2.24) is 0 Å². The first-order chi connectivity index (χ1) is 6.81. The molecule has 0 fully saturated rings. The van der Waals surface area contributed by atoms with Gasteiger partial charge in [-0.05, 0) is 5.56 Å². The molecule has 0 bridgehead atoms. The van der Waals surface area contributed by atoms with Gasteiger partial charge in [-0.1, -0.05) is 18.2 Å². The molecule has 1 aromatic rings. The van der Waals surface area contributed by atoms with Gasteiger partial charge in [0.15, 0.2) is 0 Å². The van der Waals surface area contributed by atoms with E-state index in [0.29, 0.717) is 13.2 Å². The van der Waals surface area contributed by atoms with Crippen LogP contribution < -0.4 is 5.32 Å². The van der Waals surface area contributed by atoms with Gasteiger partial charge in [0.25, 0.3) is 0 Å². The van der Waals surface area contributed by atoms with Gasteiger partial charge in [-0.3, -0.25) is 0 Å². The molecule has 1 aromatic carbocycles. The van der Waals surface area contributed by atoms with Crippen molar-refractivity contribution in [3.8, 4) is 0 Å². The largest absolute Gasteiger partial charge is 0.391 e. The number of anilines is 1. The first kappa shape index (κ1) is 9.49. The summed E-state index contributed by atoms with van der Waals surface area (Å²) >= 11 is 0. The number of hydrogen-bond donors (Lipinski definition) is 2. The summed E-state index contributed by atoms with van der Waals surface area (Å²) < 4.78 is 5.12. The van der Waals surface area contributed by atoms with Crippen LogP contribution in [0.5, 0.6) is 0 Å². The maximum Gasteiger partial charge on any atom is 0.0753 e. The highest BCUT2D eigenvalue weighted by Crippen LogP contribution is 2.26. The fourth-order valence-electron chi connectivity index (χ4n) is 1.87. The molecule has 0 saturated carbocycles. The molecule has 0 amide bonds. The fourth-order valence-corrected chi connectivity index (χ4v) is 1.87. The Labute approximate surface area is 83.7 Å². The van der Waals surface area contributed by atoms with Crippen LogP contribution in [0, 0.1) is 0 Å². The zero-order valence-electron chi connectivity index (χ0n) is 8.29. The molecule has 0 saturated heterocycles. The minimum Gasteiger partial charge on any atom is -0.391 e. The number of para-hydroxylation sites is 1. The Bertz CT molecular complexity index is 311. The summed E-state index contributed by atoms with van der Waals surface area (Å²) in [7, 11) is 1.69. The predicted molar refractivity (Wildman–Crippen MR) is 55.4 cm³/mol. The number of β-amino-alcohol motifs (C(OH)–C–C–N with tert-alkyl or cyclic N) is 1. The number of fused-ring (bicyclic) bond motifs is 1. The van der Waals surface area contributed by atoms with Crippen molar-refractivity contribution in [2.24, 2.45) is 0 Å². The molecule has 2 N–H and O–H groups in total. The summed E-state index contributed by atoms with van der Waals surface area (Å²) in [5, 5.41) is 12.7. The zero-order valence-corrected chi connectivity index (χ0v) is 8.29. The van der Waals surface area contributed by atoms with Gasteiger partial charge in [0.05, 0.1) is 12.7 Å². The maximum absolute atomic E-state index is 9.48. The quantitative estimate of drug-likeness (QED) is 0.740. The van der Waals surface area contributed by atoms with Crippen LogP contribution in [0.15, 0.2) is 18.2 Å². The summed E-state index contributed by atoms with van der Waals surface area (Å²) in [4.78, 5) is 0. The third kappa shape index (κ3) is 1.74. The second-order valence-corrected chi connectivity index (χ2v) is 3.62. The number of nitrogens with one attached hydrogen (secondary N) is 1. The standard InChI is InChI=1S/C11H15NO2/c1-14-7-9-4-2-3-8-5-10(13)6-12-11(8)9/h2-4,10,12-13H,5-7H2,1H3. The van der Waals surface area contributed by atoms with Crippen molar-refractivity contribution in [1.29, 1.82) is 0 Å². The molecule has 2 rings (SSSR count). The minimum absolute atomic E-state index is 0.264. The second-order valence-electron chi connectivity index (χ2n) is 3.62. The molecule has 76 valence electrons. The molecule has 3 nitrogen and oxygen atoms in total. The van der Waals surface area contributed by atoms with E-state index in [1.165, 1.54) is 5.56 Å². The van der Waals surface area contributed by atoms with Gasteiger partial charge in [-0.15, -0.1) is 0 Å². The van der Waals surface area contributed by atoms with E-state index in [2.05, 4.69) is 5.32 Å². The molecule has 1 unspecified atom stereocenters. The zero-order chi connectivity index (χ0) is 9.97. The smallest absolute Gasteiger partial charge is 0.0753 e. The minimum atomic E-state index is -0.264. The second kappa shape index (κ2) is 3.98. The van der Waals surface area contributed by atoms with Crippen molar-refractivity contribution in [2.45, 2.75) is 19.1 Å². The first-order valence-corrected chi connectivity index (χ1v) is 4.83. The van der Waals surface area contributed by atoms with Crippen LogP contribution in [0.25, 0.3) is 0 Å². The summed E-state index contributed by atoms with van der Waals surface area (Å²) in [5.74, 6) is 0. The number of aliphatic hydroxyl groups is 1. The predicted octanol–water partition coefficient (Wildman–Crippen LogP) is 1.16. The van der Waals surface area contributed by atoms with E-state index < -0.39 is 0 Å². The number of benzene rings is 1. The molecule has 1 aliphatic rings. The SMILES string of the molecule is COCc1cccc2c1NCC(O)C2. The summed E-state index contributed by atoms with van der Waals surface area (Å²) in [5.41, 5.74) is 3.48. The van der Waals surface area contributed by atoms with E-state index in [-0.39, 0.29) is 6.10 Å².